The Bertz CT molecular complexity index is 1580. The van der Waals surface area contributed by atoms with Crippen molar-refractivity contribution >= 4 is 27.3 Å². The van der Waals surface area contributed by atoms with Gasteiger partial charge in [-0.1, -0.05) is 37.2 Å². The molecule has 0 aliphatic carbocycles. The summed E-state index contributed by atoms with van der Waals surface area (Å²) in [7, 11) is -2.79. The van der Waals surface area contributed by atoms with Crippen LogP contribution < -0.4 is 19.1 Å². The topological polar surface area (TPSA) is 124 Å². The van der Waals surface area contributed by atoms with Gasteiger partial charge in [-0.3, -0.25) is 9.10 Å². The largest absolute Gasteiger partial charge is 0.495 e. The predicted molar refractivity (Wildman–Crippen MR) is 156 cm³/mol. The van der Waals surface area contributed by atoms with E-state index in [1.54, 1.807) is 55.5 Å². The van der Waals surface area contributed by atoms with Crippen molar-refractivity contribution in [2.45, 2.75) is 44.9 Å². The SMILES string of the molecule is CCOc1ccc(N(CC(=O)Nc2ccc(Cc3noc(C(C)C)n3)cc2)S(=O)(=O)c2cc(C)ccc2OC)cc1. The lowest BCUT2D eigenvalue weighted by Crippen LogP contribution is -2.38. The van der Waals surface area contributed by atoms with E-state index in [-0.39, 0.29) is 16.6 Å². The van der Waals surface area contributed by atoms with Gasteiger partial charge in [0, 0.05) is 18.0 Å². The molecule has 4 rings (SSSR count). The Balaban J connectivity index is 1.55. The number of hydrogen-bond donors (Lipinski definition) is 1. The van der Waals surface area contributed by atoms with Crippen molar-refractivity contribution < 1.29 is 27.2 Å². The zero-order valence-corrected chi connectivity index (χ0v) is 24.6. The van der Waals surface area contributed by atoms with Gasteiger partial charge in [0.1, 0.15) is 22.9 Å². The van der Waals surface area contributed by atoms with Crippen LogP contribution in [0.3, 0.4) is 0 Å². The highest BCUT2D eigenvalue weighted by Gasteiger charge is 2.30. The summed E-state index contributed by atoms with van der Waals surface area (Å²) in [6.45, 7) is 7.62. The van der Waals surface area contributed by atoms with Gasteiger partial charge in [0.05, 0.1) is 19.4 Å². The van der Waals surface area contributed by atoms with Crippen molar-refractivity contribution in [1.29, 1.82) is 0 Å². The number of methoxy groups -OCH3 is 1. The maximum atomic E-state index is 13.9. The summed E-state index contributed by atoms with van der Waals surface area (Å²) >= 11 is 0. The number of sulfonamides is 1. The van der Waals surface area contributed by atoms with Crippen molar-refractivity contribution in [3.8, 4) is 11.5 Å². The first-order valence-corrected chi connectivity index (χ1v) is 14.7. The molecular formula is C30H34N4O6S. The lowest BCUT2D eigenvalue weighted by molar-refractivity contribution is -0.114. The van der Waals surface area contributed by atoms with E-state index >= 15 is 0 Å². The molecule has 0 aliphatic heterocycles. The first-order valence-electron chi connectivity index (χ1n) is 13.2. The maximum Gasteiger partial charge on any atom is 0.268 e. The van der Waals surface area contributed by atoms with Crippen LogP contribution in [0.2, 0.25) is 0 Å². The standard InChI is InChI=1S/C30H34N4O6S/c1-6-39-25-14-12-24(13-15-25)34(41(36,37)27-17-21(4)7-16-26(27)38-5)19-29(35)31-23-10-8-22(9-11-23)18-28-32-30(20(2)3)40-33-28/h7-17,20H,6,18-19H2,1-5H3,(H,31,35). The number of benzene rings is 3. The van der Waals surface area contributed by atoms with Crippen LogP contribution >= 0.6 is 0 Å². The molecule has 0 fully saturated rings. The third kappa shape index (κ3) is 7.23. The Kier molecular flexibility index (Phi) is 9.28. The summed E-state index contributed by atoms with van der Waals surface area (Å²) in [4.78, 5) is 17.6. The molecule has 0 unspecified atom stereocenters. The Morgan fingerprint density at radius 2 is 1.76 bits per heavy atom. The Labute approximate surface area is 240 Å². The number of nitrogens with zero attached hydrogens (tertiary/aromatic N) is 3. The Morgan fingerprint density at radius 3 is 2.37 bits per heavy atom. The number of anilines is 2. The third-order valence-electron chi connectivity index (χ3n) is 6.19. The fourth-order valence-corrected chi connectivity index (χ4v) is 5.75. The van der Waals surface area contributed by atoms with Crippen LogP contribution in [0.4, 0.5) is 11.4 Å². The van der Waals surface area contributed by atoms with E-state index in [0.717, 1.165) is 15.4 Å². The molecule has 11 heteroatoms. The molecule has 0 radical (unpaired) electrons. The normalized spacial score (nSPS) is 11.4. The second-order valence-corrected chi connectivity index (χ2v) is 11.5. The first kappa shape index (κ1) is 29.6. The van der Waals surface area contributed by atoms with Gasteiger partial charge in [0.25, 0.3) is 10.0 Å². The molecule has 0 atom stereocenters. The second-order valence-electron chi connectivity index (χ2n) is 9.72. The van der Waals surface area contributed by atoms with Gasteiger partial charge in [0.15, 0.2) is 5.82 Å². The molecule has 1 N–H and O–H groups in total. The minimum Gasteiger partial charge on any atom is -0.495 e. The molecule has 0 saturated heterocycles. The highest BCUT2D eigenvalue weighted by Crippen LogP contribution is 2.32. The molecule has 0 spiro atoms. The van der Waals surface area contributed by atoms with E-state index in [2.05, 4.69) is 15.5 Å². The van der Waals surface area contributed by atoms with Crippen LogP contribution in [-0.2, 0) is 21.2 Å². The predicted octanol–water partition coefficient (Wildman–Crippen LogP) is 5.33. The van der Waals surface area contributed by atoms with Crippen molar-refractivity contribution in [3.05, 3.63) is 89.6 Å². The molecule has 0 aliphatic rings. The molecule has 1 aromatic heterocycles. The highest BCUT2D eigenvalue weighted by atomic mass is 32.2. The number of carbonyl (C=O) groups excluding carboxylic acids is 1. The van der Waals surface area contributed by atoms with Crippen LogP contribution in [0.1, 0.15) is 49.5 Å². The number of ether oxygens (including phenoxy) is 2. The van der Waals surface area contributed by atoms with Crippen LogP contribution in [0.5, 0.6) is 11.5 Å². The summed E-state index contributed by atoms with van der Waals surface area (Å²) in [5, 5.41) is 6.81. The number of amides is 1. The Morgan fingerprint density at radius 1 is 1.05 bits per heavy atom. The van der Waals surface area contributed by atoms with Gasteiger partial charge in [-0.05, 0) is 73.5 Å². The van der Waals surface area contributed by atoms with Gasteiger partial charge in [-0.2, -0.15) is 4.98 Å². The molecule has 4 aromatic rings. The van der Waals surface area contributed by atoms with Crippen LogP contribution in [-0.4, -0.2) is 44.7 Å². The van der Waals surface area contributed by atoms with Gasteiger partial charge in [-0.25, -0.2) is 8.42 Å². The number of rotatable bonds is 12. The van der Waals surface area contributed by atoms with Crippen molar-refractivity contribution in [2.24, 2.45) is 0 Å². The minimum atomic E-state index is -4.19. The molecule has 41 heavy (non-hydrogen) atoms. The number of carbonyl (C=O) groups is 1. The highest BCUT2D eigenvalue weighted by molar-refractivity contribution is 7.93. The number of hydrogen-bond acceptors (Lipinski definition) is 8. The summed E-state index contributed by atoms with van der Waals surface area (Å²) in [5.74, 6) is 1.57. The molecule has 1 heterocycles. The van der Waals surface area contributed by atoms with Crippen molar-refractivity contribution in [2.75, 3.05) is 29.9 Å². The molecular weight excluding hydrogens is 544 g/mol. The zero-order valence-electron chi connectivity index (χ0n) is 23.7. The van der Waals surface area contributed by atoms with Gasteiger partial charge in [0.2, 0.25) is 11.8 Å². The summed E-state index contributed by atoms with van der Waals surface area (Å²) in [6, 6.07) is 18.6. The quantitative estimate of drug-likeness (QED) is 0.239. The van der Waals surface area contributed by atoms with E-state index in [0.29, 0.717) is 41.9 Å². The third-order valence-corrected chi connectivity index (χ3v) is 7.98. The number of aromatic nitrogens is 2. The summed E-state index contributed by atoms with van der Waals surface area (Å²) in [6.07, 6.45) is 0.479. The molecule has 1 amide bonds. The molecule has 216 valence electrons. The van der Waals surface area contributed by atoms with Crippen LogP contribution in [0.25, 0.3) is 0 Å². The van der Waals surface area contributed by atoms with Gasteiger partial charge in [-0.15, -0.1) is 0 Å². The Hall–Kier alpha value is -4.38. The molecule has 0 saturated carbocycles. The first-order chi connectivity index (χ1) is 19.6. The lowest BCUT2D eigenvalue weighted by Gasteiger charge is -2.25. The van der Waals surface area contributed by atoms with E-state index in [1.165, 1.54) is 13.2 Å². The lowest BCUT2D eigenvalue weighted by atomic mass is 10.1. The smallest absolute Gasteiger partial charge is 0.268 e. The van der Waals surface area contributed by atoms with Crippen LogP contribution in [0, 0.1) is 6.92 Å². The average molecular weight is 579 g/mol. The molecule has 0 bridgehead atoms. The molecule has 10 nitrogen and oxygen atoms in total. The molecule has 3 aromatic carbocycles. The number of aryl methyl sites for hydroxylation is 1. The maximum absolute atomic E-state index is 13.9. The fraction of sp³-hybridized carbons (Fsp3) is 0.300. The number of nitrogens with one attached hydrogen (secondary N) is 1. The van der Waals surface area contributed by atoms with Gasteiger partial charge >= 0.3 is 0 Å². The van der Waals surface area contributed by atoms with E-state index in [9.17, 15) is 13.2 Å². The monoisotopic (exact) mass is 578 g/mol. The minimum absolute atomic E-state index is 0.0341. The van der Waals surface area contributed by atoms with Crippen molar-refractivity contribution in [1.82, 2.24) is 10.1 Å². The van der Waals surface area contributed by atoms with Gasteiger partial charge < -0.3 is 19.3 Å². The second kappa shape index (κ2) is 12.9. The summed E-state index contributed by atoms with van der Waals surface area (Å²) < 4.78 is 45.1. The van der Waals surface area contributed by atoms with E-state index in [4.69, 9.17) is 14.0 Å². The van der Waals surface area contributed by atoms with E-state index < -0.39 is 22.5 Å². The van der Waals surface area contributed by atoms with E-state index in [1.807, 2.05) is 32.9 Å². The average Bonchev–Trinajstić information content (AvgIpc) is 3.42. The van der Waals surface area contributed by atoms with Crippen LogP contribution in [0.15, 0.2) is 76.1 Å². The zero-order chi connectivity index (χ0) is 29.6. The fourth-order valence-electron chi connectivity index (χ4n) is 4.09. The van der Waals surface area contributed by atoms with Crippen molar-refractivity contribution in [3.63, 3.8) is 0 Å². The summed E-state index contributed by atoms with van der Waals surface area (Å²) in [5.41, 5.74) is 2.50.